The van der Waals surface area contributed by atoms with E-state index < -0.39 is 17.7 Å². The van der Waals surface area contributed by atoms with Crippen LogP contribution in [0.5, 0.6) is 17.2 Å². The summed E-state index contributed by atoms with van der Waals surface area (Å²) < 4.78 is 16.9. The smallest absolute Gasteiger partial charge is 0.389 e. The molecule has 3 aliphatic rings. The number of fused-ring (bicyclic) bond motifs is 4. The number of ether oxygens (including phenoxy) is 3. The molecule has 2 aromatic carbocycles. The fourth-order valence-corrected chi connectivity index (χ4v) is 4.02. The van der Waals surface area contributed by atoms with Gasteiger partial charge in [0.15, 0.2) is 11.5 Å². The monoisotopic (exact) mass is 356 g/mol. The predicted octanol–water partition coefficient (Wildman–Crippen LogP) is 2.48. The Morgan fingerprint density at radius 1 is 1.15 bits per heavy atom. The first-order valence-electron chi connectivity index (χ1n) is 8.29. The Bertz CT molecular complexity index is 903. The zero-order valence-electron chi connectivity index (χ0n) is 14.0. The fraction of sp³-hybridized carbons (Fsp3) is 0.333. The van der Waals surface area contributed by atoms with Gasteiger partial charge in [0.25, 0.3) is 0 Å². The van der Waals surface area contributed by atoms with E-state index in [1.54, 1.807) is 25.2 Å². The maximum Gasteiger partial charge on any atom is 0.389 e. The number of hydrogen-bond donors (Lipinski definition) is 0. The van der Waals surface area contributed by atoms with Crippen LogP contribution in [0.2, 0.25) is 0 Å². The van der Waals surface area contributed by atoms with Crippen LogP contribution in [-0.4, -0.2) is 36.1 Å². The molecule has 0 saturated carbocycles. The van der Waals surface area contributed by atoms with Gasteiger partial charge >= 0.3 is 5.72 Å². The zero-order chi connectivity index (χ0) is 17.9. The molecule has 0 aromatic heterocycles. The average molecular weight is 356 g/mol. The molecule has 0 radical (unpaired) electrons. The zero-order valence-corrected chi connectivity index (χ0v) is 14.0. The van der Waals surface area contributed by atoms with Crippen LogP contribution in [0.1, 0.15) is 23.1 Å². The molecule has 0 unspecified atom stereocenters. The van der Waals surface area contributed by atoms with Crippen molar-refractivity contribution < 1.29 is 24.0 Å². The van der Waals surface area contributed by atoms with Crippen molar-refractivity contribution in [2.75, 3.05) is 20.4 Å². The molecule has 8 nitrogen and oxygen atoms in total. The third-order valence-electron chi connectivity index (χ3n) is 5.14. The van der Waals surface area contributed by atoms with E-state index in [1.165, 1.54) is 5.06 Å². The van der Waals surface area contributed by atoms with E-state index >= 15 is 0 Å². The molecule has 134 valence electrons. The van der Waals surface area contributed by atoms with Crippen LogP contribution in [0, 0.1) is 10.1 Å². The van der Waals surface area contributed by atoms with E-state index in [1.807, 2.05) is 24.3 Å². The molecule has 8 heteroatoms. The van der Waals surface area contributed by atoms with Gasteiger partial charge in [-0.05, 0) is 18.2 Å². The molecule has 1 fully saturated rings. The molecule has 0 amide bonds. The standard InChI is InChI=1S/C18H16N2O6/c1-19-9-13-12-4-2-3-5-14(12)25-17(18(13,26-19)20(21)22)11-6-7-15-16(8-11)24-10-23-15/h2-8,13,17H,9-10H2,1H3/t13-,17+,18+/m0/s1. The van der Waals surface area contributed by atoms with E-state index in [-0.39, 0.29) is 11.7 Å². The Morgan fingerprint density at radius 2 is 1.96 bits per heavy atom. The van der Waals surface area contributed by atoms with Crippen LogP contribution in [0.15, 0.2) is 42.5 Å². The lowest BCUT2D eigenvalue weighted by Gasteiger charge is -2.37. The van der Waals surface area contributed by atoms with Crippen molar-refractivity contribution in [3.05, 3.63) is 63.7 Å². The summed E-state index contributed by atoms with van der Waals surface area (Å²) in [6, 6.07) is 12.6. The van der Waals surface area contributed by atoms with Crippen molar-refractivity contribution in [2.45, 2.75) is 17.7 Å². The summed E-state index contributed by atoms with van der Waals surface area (Å²) in [4.78, 5) is 17.7. The van der Waals surface area contributed by atoms with Gasteiger partial charge in [-0.15, -0.1) is 0 Å². The third kappa shape index (κ3) is 1.96. The Balaban J connectivity index is 1.69. The predicted molar refractivity (Wildman–Crippen MR) is 88.6 cm³/mol. The van der Waals surface area contributed by atoms with E-state index in [2.05, 4.69) is 0 Å². The minimum Gasteiger partial charge on any atom is -0.475 e. The second-order valence-corrected chi connectivity index (χ2v) is 6.61. The molecule has 0 spiro atoms. The Hall–Kier alpha value is -2.84. The van der Waals surface area contributed by atoms with Crippen molar-refractivity contribution in [2.24, 2.45) is 0 Å². The third-order valence-corrected chi connectivity index (χ3v) is 5.14. The maximum absolute atomic E-state index is 12.2. The highest BCUT2D eigenvalue weighted by atomic mass is 16.8. The molecule has 0 bridgehead atoms. The number of hydrogen-bond acceptors (Lipinski definition) is 7. The van der Waals surface area contributed by atoms with E-state index in [4.69, 9.17) is 19.0 Å². The normalized spacial score (nSPS) is 29.0. The van der Waals surface area contributed by atoms with Crippen molar-refractivity contribution in [1.82, 2.24) is 5.06 Å². The van der Waals surface area contributed by atoms with Gasteiger partial charge in [-0.25, -0.2) is 4.84 Å². The van der Waals surface area contributed by atoms with Crippen LogP contribution < -0.4 is 14.2 Å². The van der Waals surface area contributed by atoms with Crippen molar-refractivity contribution in [3.8, 4) is 17.2 Å². The quantitative estimate of drug-likeness (QED) is 0.604. The minimum atomic E-state index is -1.74. The van der Waals surface area contributed by atoms with Gasteiger partial charge in [0.1, 0.15) is 11.7 Å². The second-order valence-electron chi connectivity index (χ2n) is 6.61. The minimum absolute atomic E-state index is 0.134. The topological polar surface area (TPSA) is 83.3 Å². The summed E-state index contributed by atoms with van der Waals surface area (Å²) in [7, 11) is 1.70. The first-order chi connectivity index (χ1) is 12.6. The largest absolute Gasteiger partial charge is 0.475 e. The summed E-state index contributed by atoms with van der Waals surface area (Å²) in [5.41, 5.74) is -0.345. The van der Waals surface area contributed by atoms with Gasteiger partial charge in [-0.2, -0.15) is 5.06 Å². The van der Waals surface area contributed by atoms with E-state index in [9.17, 15) is 10.1 Å². The number of likely N-dealkylation sites (N-methyl/N-ethyl adjacent to an activating group) is 1. The molecule has 2 aromatic rings. The van der Waals surface area contributed by atoms with Crippen LogP contribution in [-0.2, 0) is 4.84 Å². The SMILES string of the molecule is CN1C[C@H]2c3ccccc3O[C@H](c3ccc4c(c3)OCO4)[C@]2([N+](=O)[O-])O1. The van der Waals surface area contributed by atoms with E-state index in [0.717, 1.165) is 5.56 Å². The molecular weight excluding hydrogens is 340 g/mol. The van der Waals surface area contributed by atoms with Crippen LogP contribution in [0.25, 0.3) is 0 Å². The summed E-state index contributed by atoms with van der Waals surface area (Å²) in [6.45, 7) is 0.539. The van der Waals surface area contributed by atoms with Crippen molar-refractivity contribution in [1.29, 1.82) is 0 Å². The van der Waals surface area contributed by atoms with Crippen LogP contribution in [0.3, 0.4) is 0 Å². The van der Waals surface area contributed by atoms with Crippen LogP contribution >= 0.6 is 0 Å². The number of nitrogens with zero attached hydrogens (tertiary/aromatic N) is 2. The lowest BCUT2D eigenvalue weighted by atomic mass is 9.80. The molecular formula is C18H16N2O6. The molecule has 3 aliphatic heterocycles. The first kappa shape index (κ1) is 15.4. The molecule has 3 atom stereocenters. The molecule has 3 heterocycles. The Morgan fingerprint density at radius 3 is 2.81 bits per heavy atom. The number of nitro groups is 1. The first-order valence-corrected chi connectivity index (χ1v) is 8.29. The van der Waals surface area contributed by atoms with Gasteiger partial charge in [-0.1, -0.05) is 24.3 Å². The maximum atomic E-state index is 12.2. The molecule has 5 rings (SSSR count). The van der Waals surface area contributed by atoms with Crippen LogP contribution in [0.4, 0.5) is 0 Å². The summed E-state index contributed by atoms with van der Waals surface area (Å²) in [5, 5.41) is 13.8. The molecule has 0 N–H and O–H groups in total. The lowest BCUT2D eigenvalue weighted by molar-refractivity contribution is -0.655. The number of benzene rings is 2. The molecule has 1 saturated heterocycles. The summed E-state index contributed by atoms with van der Waals surface area (Å²) in [6.07, 6.45) is -0.920. The van der Waals surface area contributed by atoms with E-state index in [0.29, 0.717) is 29.4 Å². The fourth-order valence-electron chi connectivity index (χ4n) is 4.02. The summed E-state index contributed by atoms with van der Waals surface area (Å²) >= 11 is 0. The molecule has 26 heavy (non-hydrogen) atoms. The highest BCUT2D eigenvalue weighted by Crippen LogP contribution is 2.54. The Kier molecular flexibility index (Phi) is 3.16. The van der Waals surface area contributed by atoms with Gasteiger partial charge in [-0.3, -0.25) is 10.1 Å². The number of hydroxylamine groups is 2. The highest BCUT2D eigenvalue weighted by Gasteiger charge is 2.68. The van der Waals surface area contributed by atoms with Crippen molar-refractivity contribution in [3.63, 3.8) is 0 Å². The molecule has 0 aliphatic carbocycles. The van der Waals surface area contributed by atoms with Gasteiger partial charge < -0.3 is 14.2 Å². The lowest BCUT2D eigenvalue weighted by Crippen LogP contribution is -2.53. The van der Waals surface area contributed by atoms with Crippen molar-refractivity contribution >= 4 is 0 Å². The van der Waals surface area contributed by atoms with Gasteiger partial charge in [0, 0.05) is 24.7 Å². The number of rotatable bonds is 2. The second kappa shape index (κ2) is 5.33. The average Bonchev–Trinajstić information content (AvgIpc) is 3.24. The van der Waals surface area contributed by atoms with Gasteiger partial charge in [0.05, 0.1) is 4.92 Å². The highest BCUT2D eigenvalue weighted by molar-refractivity contribution is 5.48. The number of para-hydroxylation sites is 1. The summed E-state index contributed by atoms with van der Waals surface area (Å²) in [5.74, 6) is 1.34. The Labute approximate surface area is 148 Å². The van der Waals surface area contributed by atoms with Gasteiger partial charge in [0.2, 0.25) is 12.9 Å².